The topological polar surface area (TPSA) is 24.9 Å². The molecule has 1 aromatic heterocycles. The third-order valence-corrected chi connectivity index (χ3v) is 6.10. The van der Waals surface area contributed by atoms with Gasteiger partial charge in [-0.15, -0.1) is 11.3 Å². The zero-order valence-corrected chi connectivity index (χ0v) is 13.7. The standard InChI is InChI=1S/C17H28N2S/c1-3-6-18-16(10-17-11-20-12(2)19-17)9-15-8-13-4-5-14(15)7-13/h11,13-16,18H,3-10H2,1-2H3. The molecule has 3 heteroatoms. The lowest BCUT2D eigenvalue weighted by molar-refractivity contribution is 0.276. The first-order valence-corrected chi connectivity index (χ1v) is 9.27. The second kappa shape index (κ2) is 6.57. The lowest BCUT2D eigenvalue weighted by Crippen LogP contribution is -2.35. The maximum atomic E-state index is 4.66. The summed E-state index contributed by atoms with van der Waals surface area (Å²) in [4.78, 5) is 4.66. The fourth-order valence-electron chi connectivity index (χ4n) is 4.37. The Kier molecular flexibility index (Phi) is 4.77. The van der Waals surface area contributed by atoms with Crippen molar-refractivity contribution in [1.82, 2.24) is 10.3 Å². The molecule has 4 atom stereocenters. The van der Waals surface area contributed by atoms with Gasteiger partial charge in [0.2, 0.25) is 0 Å². The highest BCUT2D eigenvalue weighted by atomic mass is 32.1. The predicted octanol–water partition coefficient (Wildman–Crippen LogP) is 4.19. The van der Waals surface area contributed by atoms with Crippen LogP contribution in [0, 0.1) is 24.7 Å². The van der Waals surface area contributed by atoms with Crippen LogP contribution < -0.4 is 5.32 Å². The van der Waals surface area contributed by atoms with E-state index in [1.807, 2.05) is 0 Å². The summed E-state index contributed by atoms with van der Waals surface area (Å²) in [5.74, 6) is 3.10. The van der Waals surface area contributed by atoms with Gasteiger partial charge in [0.1, 0.15) is 0 Å². The van der Waals surface area contributed by atoms with E-state index in [0.717, 1.165) is 30.7 Å². The minimum absolute atomic E-state index is 0.640. The van der Waals surface area contributed by atoms with E-state index in [-0.39, 0.29) is 0 Å². The SMILES string of the molecule is CCCNC(Cc1csc(C)n1)CC1CC2CCC1C2. The Labute approximate surface area is 127 Å². The summed E-state index contributed by atoms with van der Waals surface area (Å²) in [7, 11) is 0. The number of rotatable bonds is 7. The molecule has 0 aliphatic heterocycles. The lowest BCUT2D eigenvalue weighted by Gasteiger charge is -2.27. The number of hydrogen-bond donors (Lipinski definition) is 1. The highest BCUT2D eigenvalue weighted by Crippen LogP contribution is 2.49. The van der Waals surface area contributed by atoms with Gasteiger partial charge in [0.25, 0.3) is 0 Å². The molecule has 4 unspecified atom stereocenters. The molecule has 0 aromatic carbocycles. The summed E-state index contributed by atoms with van der Waals surface area (Å²) >= 11 is 1.79. The molecule has 1 N–H and O–H groups in total. The van der Waals surface area contributed by atoms with Crippen molar-refractivity contribution < 1.29 is 0 Å². The molecule has 2 nitrogen and oxygen atoms in total. The maximum Gasteiger partial charge on any atom is 0.0897 e. The first-order chi connectivity index (χ1) is 9.74. The maximum absolute atomic E-state index is 4.66. The molecular formula is C17H28N2S. The van der Waals surface area contributed by atoms with Crippen LogP contribution in [0.5, 0.6) is 0 Å². The summed E-state index contributed by atoms with van der Waals surface area (Å²) in [6.45, 7) is 5.52. The first-order valence-electron chi connectivity index (χ1n) is 8.39. The summed E-state index contributed by atoms with van der Waals surface area (Å²) in [5.41, 5.74) is 1.30. The summed E-state index contributed by atoms with van der Waals surface area (Å²) in [6.07, 6.45) is 9.77. The molecule has 2 aliphatic carbocycles. The van der Waals surface area contributed by atoms with Gasteiger partial charge in [-0.2, -0.15) is 0 Å². The van der Waals surface area contributed by atoms with E-state index < -0.39 is 0 Å². The monoisotopic (exact) mass is 292 g/mol. The Bertz CT molecular complexity index is 428. The minimum atomic E-state index is 0.640. The van der Waals surface area contributed by atoms with E-state index in [2.05, 4.69) is 29.5 Å². The summed E-state index contributed by atoms with van der Waals surface area (Å²) in [5, 5.41) is 7.23. The molecule has 2 bridgehead atoms. The van der Waals surface area contributed by atoms with Crippen LogP contribution in [-0.4, -0.2) is 17.6 Å². The number of nitrogens with one attached hydrogen (secondary N) is 1. The van der Waals surface area contributed by atoms with E-state index in [9.17, 15) is 0 Å². The van der Waals surface area contributed by atoms with Gasteiger partial charge < -0.3 is 5.32 Å². The summed E-state index contributed by atoms with van der Waals surface area (Å²) in [6, 6.07) is 0.640. The smallest absolute Gasteiger partial charge is 0.0897 e. The van der Waals surface area contributed by atoms with Crippen LogP contribution in [0.25, 0.3) is 0 Å². The fourth-order valence-corrected chi connectivity index (χ4v) is 5.00. The van der Waals surface area contributed by atoms with E-state index in [1.54, 1.807) is 11.3 Å². The zero-order chi connectivity index (χ0) is 13.9. The number of hydrogen-bond acceptors (Lipinski definition) is 3. The van der Waals surface area contributed by atoms with Crippen molar-refractivity contribution in [2.24, 2.45) is 17.8 Å². The molecule has 1 aromatic rings. The molecule has 0 saturated heterocycles. The highest BCUT2D eigenvalue weighted by molar-refractivity contribution is 7.09. The van der Waals surface area contributed by atoms with Crippen molar-refractivity contribution in [1.29, 1.82) is 0 Å². The van der Waals surface area contributed by atoms with Crippen molar-refractivity contribution >= 4 is 11.3 Å². The molecule has 0 radical (unpaired) electrons. The van der Waals surface area contributed by atoms with Gasteiger partial charge in [-0.05, 0) is 63.3 Å². The molecule has 112 valence electrons. The van der Waals surface area contributed by atoms with E-state index >= 15 is 0 Å². The largest absolute Gasteiger partial charge is 0.314 e. The minimum Gasteiger partial charge on any atom is -0.314 e. The summed E-state index contributed by atoms with van der Waals surface area (Å²) < 4.78 is 0. The lowest BCUT2D eigenvalue weighted by atomic mass is 9.83. The highest BCUT2D eigenvalue weighted by Gasteiger charge is 2.40. The molecule has 2 saturated carbocycles. The van der Waals surface area contributed by atoms with Crippen molar-refractivity contribution in [2.75, 3.05) is 6.54 Å². The number of aromatic nitrogens is 1. The second-order valence-electron chi connectivity index (χ2n) is 6.88. The molecule has 0 spiro atoms. The Morgan fingerprint density at radius 2 is 2.30 bits per heavy atom. The van der Waals surface area contributed by atoms with Crippen LogP contribution in [0.2, 0.25) is 0 Å². The molecular weight excluding hydrogens is 264 g/mol. The van der Waals surface area contributed by atoms with Crippen LogP contribution >= 0.6 is 11.3 Å². The van der Waals surface area contributed by atoms with Gasteiger partial charge in [-0.25, -0.2) is 4.98 Å². The quantitative estimate of drug-likeness (QED) is 0.815. The molecule has 20 heavy (non-hydrogen) atoms. The van der Waals surface area contributed by atoms with Gasteiger partial charge in [0.15, 0.2) is 0 Å². The molecule has 3 rings (SSSR count). The second-order valence-corrected chi connectivity index (χ2v) is 7.95. The average molecular weight is 292 g/mol. The Morgan fingerprint density at radius 1 is 1.40 bits per heavy atom. The van der Waals surface area contributed by atoms with Gasteiger partial charge in [0, 0.05) is 17.8 Å². The third-order valence-electron chi connectivity index (χ3n) is 5.28. The first kappa shape index (κ1) is 14.5. The number of nitrogens with zero attached hydrogens (tertiary/aromatic N) is 1. The third kappa shape index (κ3) is 3.43. The van der Waals surface area contributed by atoms with E-state index in [4.69, 9.17) is 0 Å². The van der Waals surface area contributed by atoms with Crippen LogP contribution in [0.3, 0.4) is 0 Å². The van der Waals surface area contributed by atoms with Crippen molar-refractivity contribution in [3.8, 4) is 0 Å². The fraction of sp³-hybridized carbons (Fsp3) is 0.824. The van der Waals surface area contributed by atoms with Crippen LogP contribution in [-0.2, 0) is 6.42 Å². The van der Waals surface area contributed by atoms with Gasteiger partial charge in [0.05, 0.1) is 10.7 Å². The molecule has 0 amide bonds. The number of thiazole rings is 1. The average Bonchev–Trinajstić information content (AvgIpc) is 3.13. The van der Waals surface area contributed by atoms with Crippen molar-refractivity contribution in [3.63, 3.8) is 0 Å². The van der Waals surface area contributed by atoms with Crippen LogP contribution in [0.1, 0.15) is 56.2 Å². The Balaban J connectivity index is 1.57. The molecule has 2 aliphatic rings. The number of aryl methyl sites for hydroxylation is 1. The van der Waals surface area contributed by atoms with Crippen molar-refractivity contribution in [2.45, 2.75) is 64.8 Å². The van der Waals surface area contributed by atoms with Crippen molar-refractivity contribution in [3.05, 3.63) is 16.1 Å². The molecule has 2 fully saturated rings. The van der Waals surface area contributed by atoms with Crippen LogP contribution in [0.4, 0.5) is 0 Å². The predicted molar refractivity (Wildman–Crippen MR) is 86.2 cm³/mol. The van der Waals surface area contributed by atoms with Gasteiger partial charge in [-0.3, -0.25) is 0 Å². The number of fused-ring (bicyclic) bond motifs is 2. The Hall–Kier alpha value is -0.410. The van der Waals surface area contributed by atoms with Gasteiger partial charge in [-0.1, -0.05) is 13.3 Å². The normalized spacial score (nSPS) is 30.0. The van der Waals surface area contributed by atoms with E-state index in [1.165, 1.54) is 49.2 Å². The van der Waals surface area contributed by atoms with Gasteiger partial charge >= 0.3 is 0 Å². The zero-order valence-electron chi connectivity index (χ0n) is 12.9. The molecule has 1 heterocycles. The van der Waals surface area contributed by atoms with Crippen LogP contribution in [0.15, 0.2) is 5.38 Å². The Morgan fingerprint density at radius 3 is 2.90 bits per heavy atom. The van der Waals surface area contributed by atoms with E-state index in [0.29, 0.717) is 6.04 Å².